The van der Waals surface area contributed by atoms with Crippen LogP contribution in [0.1, 0.15) is 18.1 Å². The molecule has 0 bridgehead atoms. The standard InChI is InChI=1S/C23H27N7O2/c1-15(24)11-26-23-28-21(25-12-17-9-6-10-18(32-2)20(17)31)19-22(29-23)30(14-27-19)13-16-7-4-3-5-8-16/h3-10,14-15,31H,11-13,24H2,1-2H3,(H2,25,26,28,29). The molecule has 0 aliphatic heterocycles. The van der Waals surface area contributed by atoms with Crippen molar-refractivity contribution >= 4 is 22.9 Å². The van der Waals surface area contributed by atoms with Gasteiger partial charge in [0.25, 0.3) is 0 Å². The summed E-state index contributed by atoms with van der Waals surface area (Å²) in [5.41, 5.74) is 9.07. The van der Waals surface area contributed by atoms with E-state index in [1.807, 2.05) is 41.8 Å². The highest BCUT2D eigenvalue weighted by Gasteiger charge is 2.15. The van der Waals surface area contributed by atoms with Crippen LogP contribution in [0, 0.1) is 0 Å². The number of aromatic nitrogens is 4. The Kier molecular flexibility index (Phi) is 6.37. The molecule has 4 aromatic rings. The van der Waals surface area contributed by atoms with E-state index in [2.05, 4.69) is 37.7 Å². The van der Waals surface area contributed by atoms with E-state index < -0.39 is 0 Å². The molecule has 9 nitrogen and oxygen atoms in total. The maximum atomic E-state index is 10.4. The lowest BCUT2D eigenvalue weighted by Crippen LogP contribution is -2.26. The van der Waals surface area contributed by atoms with Gasteiger partial charge in [-0.25, -0.2) is 4.98 Å². The second kappa shape index (κ2) is 9.52. The maximum Gasteiger partial charge on any atom is 0.226 e. The van der Waals surface area contributed by atoms with Crippen molar-refractivity contribution in [3.8, 4) is 11.5 Å². The molecular formula is C23H27N7O2. The average molecular weight is 434 g/mol. The molecule has 9 heteroatoms. The molecule has 5 N–H and O–H groups in total. The number of anilines is 2. The molecule has 2 aromatic carbocycles. The molecule has 0 fully saturated rings. The Morgan fingerprint density at radius 2 is 1.91 bits per heavy atom. The summed E-state index contributed by atoms with van der Waals surface area (Å²) < 4.78 is 7.18. The Hall–Kier alpha value is -3.85. The zero-order chi connectivity index (χ0) is 22.5. The van der Waals surface area contributed by atoms with Crippen molar-refractivity contribution in [1.82, 2.24) is 19.5 Å². The largest absolute Gasteiger partial charge is 0.504 e. The Balaban J connectivity index is 1.67. The summed E-state index contributed by atoms with van der Waals surface area (Å²) in [4.78, 5) is 13.8. The molecule has 0 saturated carbocycles. The molecule has 0 radical (unpaired) electrons. The number of nitrogens with one attached hydrogen (secondary N) is 2. The second-order valence-electron chi connectivity index (χ2n) is 7.61. The first-order valence-electron chi connectivity index (χ1n) is 10.4. The number of methoxy groups -OCH3 is 1. The van der Waals surface area contributed by atoms with Gasteiger partial charge in [0.1, 0.15) is 0 Å². The van der Waals surface area contributed by atoms with Gasteiger partial charge in [-0.3, -0.25) is 0 Å². The van der Waals surface area contributed by atoms with Crippen LogP contribution in [0.2, 0.25) is 0 Å². The lowest BCUT2D eigenvalue weighted by molar-refractivity contribution is 0.371. The van der Waals surface area contributed by atoms with Gasteiger partial charge in [0.15, 0.2) is 28.5 Å². The molecule has 1 unspecified atom stereocenters. The highest BCUT2D eigenvalue weighted by molar-refractivity contribution is 5.84. The van der Waals surface area contributed by atoms with Crippen molar-refractivity contribution < 1.29 is 9.84 Å². The van der Waals surface area contributed by atoms with E-state index in [9.17, 15) is 5.11 Å². The second-order valence-corrected chi connectivity index (χ2v) is 7.61. The number of benzene rings is 2. The third kappa shape index (κ3) is 4.73. The fraction of sp³-hybridized carbons (Fsp3) is 0.261. The summed E-state index contributed by atoms with van der Waals surface area (Å²) in [6.07, 6.45) is 1.76. The van der Waals surface area contributed by atoms with E-state index in [-0.39, 0.29) is 11.8 Å². The van der Waals surface area contributed by atoms with Crippen LogP contribution >= 0.6 is 0 Å². The predicted octanol–water partition coefficient (Wildman–Crippen LogP) is 2.96. The van der Waals surface area contributed by atoms with Crippen LogP contribution < -0.4 is 21.1 Å². The summed E-state index contributed by atoms with van der Waals surface area (Å²) in [7, 11) is 1.52. The molecule has 2 heterocycles. The SMILES string of the molecule is COc1cccc(CNc2nc(NCC(C)N)nc3c2ncn3Cc2ccccc2)c1O. The Labute approximate surface area is 186 Å². The van der Waals surface area contributed by atoms with E-state index in [0.29, 0.717) is 53.9 Å². The molecular weight excluding hydrogens is 406 g/mol. The Morgan fingerprint density at radius 3 is 2.66 bits per heavy atom. The lowest BCUT2D eigenvalue weighted by Gasteiger charge is -2.13. The fourth-order valence-corrected chi connectivity index (χ4v) is 3.35. The Morgan fingerprint density at radius 1 is 1.09 bits per heavy atom. The number of ether oxygens (including phenoxy) is 1. The van der Waals surface area contributed by atoms with Gasteiger partial charge in [-0.05, 0) is 18.6 Å². The van der Waals surface area contributed by atoms with Crippen LogP contribution in [0.3, 0.4) is 0 Å². The van der Waals surface area contributed by atoms with Gasteiger partial charge in [-0.1, -0.05) is 42.5 Å². The highest BCUT2D eigenvalue weighted by Crippen LogP contribution is 2.30. The first-order chi connectivity index (χ1) is 15.5. The fourth-order valence-electron chi connectivity index (χ4n) is 3.35. The molecule has 0 aliphatic carbocycles. The molecule has 1 atom stereocenters. The van der Waals surface area contributed by atoms with Gasteiger partial charge in [-0.15, -0.1) is 0 Å². The monoisotopic (exact) mass is 433 g/mol. The number of hydrogen-bond acceptors (Lipinski definition) is 8. The lowest BCUT2D eigenvalue weighted by atomic mass is 10.2. The molecule has 32 heavy (non-hydrogen) atoms. The summed E-state index contributed by atoms with van der Waals surface area (Å²) in [6.45, 7) is 3.43. The first kappa shape index (κ1) is 21.4. The summed E-state index contributed by atoms with van der Waals surface area (Å²) >= 11 is 0. The molecule has 2 aromatic heterocycles. The number of nitrogens with two attached hydrogens (primary N) is 1. The van der Waals surface area contributed by atoms with Crippen molar-refractivity contribution in [1.29, 1.82) is 0 Å². The first-order valence-corrected chi connectivity index (χ1v) is 10.4. The van der Waals surface area contributed by atoms with Gasteiger partial charge in [0.2, 0.25) is 5.95 Å². The van der Waals surface area contributed by atoms with Gasteiger partial charge >= 0.3 is 0 Å². The van der Waals surface area contributed by atoms with Crippen LogP contribution in [0.5, 0.6) is 11.5 Å². The zero-order valence-electron chi connectivity index (χ0n) is 18.1. The van der Waals surface area contributed by atoms with Gasteiger partial charge in [0.05, 0.1) is 20.0 Å². The zero-order valence-corrected chi connectivity index (χ0v) is 18.1. The van der Waals surface area contributed by atoms with E-state index in [1.165, 1.54) is 7.11 Å². The van der Waals surface area contributed by atoms with Crippen molar-refractivity contribution in [2.75, 3.05) is 24.3 Å². The van der Waals surface area contributed by atoms with Crippen molar-refractivity contribution in [3.63, 3.8) is 0 Å². The van der Waals surface area contributed by atoms with E-state index in [1.54, 1.807) is 12.4 Å². The highest BCUT2D eigenvalue weighted by atomic mass is 16.5. The third-order valence-electron chi connectivity index (χ3n) is 4.99. The summed E-state index contributed by atoms with van der Waals surface area (Å²) in [5.74, 6) is 1.54. The minimum atomic E-state index is -0.0475. The number of para-hydroxylation sites is 1. The van der Waals surface area contributed by atoms with E-state index in [4.69, 9.17) is 10.5 Å². The number of phenols is 1. The smallest absolute Gasteiger partial charge is 0.226 e. The minimum absolute atomic E-state index is 0.0475. The third-order valence-corrected chi connectivity index (χ3v) is 4.99. The van der Waals surface area contributed by atoms with Crippen LogP contribution in [-0.4, -0.2) is 44.3 Å². The molecule has 0 amide bonds. The molecule has 0 aliphatic rings. The minimum Gasteiger partial charge on any atom is -0.504 e. The topological polar surface area (TPSA) is 123 Å². The Bertz CT molecular complexity index is 1190. The molecule has 166 valence electrons. The molecule has 4 rings (SSSR count). The van der Waals surface area contributed by atoms with Crippen LogP contribution in [-0.2, 0) is 13.1 Å². The van der Waals surface area contributed by atoms with E-state index in [0.717, 1.165) is 5.56 Å². The number of aromatic hydroxyl groups is 1. The van der Waals surface area contributed by atoms with Crippen LogP contribution in [0.15, 0.2) is 54.9 Å². The molecule has 0 saturated heterocycles. The number of nitrogens with zero attached hydrogens (tertiary/aromatic N) is 4. The summed E-state index contributed by atoms with van der Waals surface area (Å²) in [5, 5.41) is 16.9. The number of hydrogen-bond donors (Lipinski definition) is 4. The van der Waals surface area contributed by atoms with Gasteiger partial charge in [0, 0.05) is 24.7 Å². The van der Waals surface area contributed by atoms with Crippen molar-refractivity contribution in [2.45, 2.75) is 26.1 Å². The van der Waals surface area contributed by atoms with Gasteiger partial charge < -0.3 is 30.8 Å². The van der Waals surface area contributed by atoms with Crippen molar-refractivity contribution in [3.05, 3.63) is 66.0 Å². The van der Waals surface area contributed by atoms with Gasteiger partial charge in [-0.2, -0.15) is 9.97 Å². The van der Waals surface area contributed by atoms with Crippen LogP contribution in [0.25, 0.3) is 11.2 Å². The number of phenolic OH excluding ortho intramolecular Hbond substituents is 1. The molecule has 0 spiro atoms. The van der Waals surface area contributed by atoms with E-state index >= 15 is 0 Å². The summed E-state index contributed by atoms with van der Waals surface area (Å²) in [6, 6.07) is 15.4. The number of rotatable bonds is 9. The number of imidazole rings is 1. The van der Waals surface area contributed by atoms with Crippen LogP contribution in [0.4, 0.5) is 11.8 Å². The maximum absolute atomic E-state index is 10.4. The normalized spacial score (nSPS) is 12.0. The van der Waals surface area contributed by atoms with Crippen molar-refractivity contribution in [2.24, 2.45) is 5.73 Å². The average Bonchev–Trinajstić information content (AvgIpc) is 3.20. The quantitative estimate of drug-likeness (QED) is 0.318. The predicted molar refractivity (Wildman–Crippen MR) is 125 cm³/mol. The number of fused-ring (bicyclic) bond motifs is 1.